The van der Waals surface area contributed by atoms with Gasteiger partial charge >= 0.3 is 0 Å². The Hall–Kier alpha value is -2.79. The van der Waals surface area contributed by atoms with Gasteiger partial charge in [0.25, 0.3) is 6.09 Å². The van der Waals surface area contributed by atoms with Gasteiger partial charge in [-0.1, -0.05) is 17.7 Å². The van der Waals surface area contributed by atoms with Crippen molar-refractivity contribution >= 4 is 40.7 Å². The second-order valence-electron chi connectivity index (χ2n) is 10.5. The Morgan fingerprint density at radius 2 is 1.97 bits per heavy atom. The Balaban J connectivity index is 1.59. The van der Waals surface area contributed by atoms with Crippen LogP contribution in [0.2, 0.25) is 5.02 Å². The van der Waals surface area contributed by atoms with Crippen molar-refractivity contribution in [2.45, 2.75) is 58.1 Å². The van der Waals surface area contributed by atoms with Crippen LogP contribution >= 0.6 is 22.9 Å². The van der Waals surface area contributed by atoms with E-state index in [-0.39, 0.29) is 16.9 Å². The summed E-state index contributed by atoms with van der Waals surface area (Å²) in [6, 6.07) is 5.97. The van der Waals surface area contributed by atoms with E-state index in [1.54, 1.807) is 6.20 Å². The Morgan fingerprint density at radius 1 is 1.22 bits per heavy atom. The molecule has 1 unspecified atom stereocenters. The molecule has 4 rings (SSSR count). The van der Waals surface area contributed by atoms with Crippen molar-refractivity contribution in [3.63, 3.8) is 0 Å². The molecule has 2 atom stereocenters. The van der Waals surface area contributed by atoms with Gasteiger partial charge in [-0.25, -0.2) is 9.97 Å². The zero-order valence-corrected chi connectivity index (χ0v) is 23.2. The number of amides is 1. The number of ether oxygens (including phenoxy) is 1. The summed E-state index contributed by atoms with van der Waals surface area (Å²) in [5.41, 5.74) is 0.997. The quantitative estimate of drug-likeness (QED) is 0.445. The normalized spacial score (nSPS) is 22.4. The second-order valence-corrected chi connectivity index (χ2v) is 12.0. The summed E-state index contributed by atoms with van der Waals surface area (Å²) in [6.07, 6.45) is 3.43. The van der Waals surface area contributed by atoms with Gasteiger partial charge in [-0.2, -0.15) is 4.98 Å². The number of nitrogens with zero attached hydrogens (tertiary/aromatic N) is 4. The molecule has 0 bridgehead atoms. The maximum atomic E-state index is 12.2. The molecule has 198 valence electrons. The molecule has 0 spiro atoms. The number of aromatic nitrogens is 3. The van der Waals surface area contributed by atoms with E-state index in [1.807, 2.05) is 45.9 Å². The van der Waals surface area contributed by atoms with Gasteiger partial charge in [0.2, 0.25) is 11.8 Å². The topological polar surface area (TPSA) is 120 Å². The first-order valence-corrected chi connectivity index (χ1v) is 13.3. The summed E-state index contributed by atoms with van der Waals surface area (Å²) in [7, 11) is 1.49. The molecule has 0 saturated carbocycles. The average molecular weight is 546 g/mol. The van der Waals surface area contributed by atoms with Crippen LogP contribution in [0.3, 0.4) is 0 Å². The summed E-state index contributed by atoms with van der Waals surface area (Å²) in [6.45, 7) is 8.40. The number of rotatable bonds is 5. The third kappa shape index (κ3) is 5.43. The molecule has 2 N–H and O–H groups in total. The van der Waals surface area contributed by atoms with E-state index in [1.165, 1.54) is 24.6 Å². The first-order chi connectivity index (χ1) is 17.4. The third-order valence-electron chi connectivity index (χ3n) is 7.10. The highest BCUT2D eigenvalue weighted by Crippen LogP contribution is 2.41. The van der Waals surface area contributed by atoms with E-state index in [4.69, 9.17) is 16.3 Å². The van der Waals surface area contributed by atoms with Crippen molar-refractivity contribution in [1.29, 1.82) is 0 Å². The van der Waals surface area contributed by atoms with Crippen LogP contribution in [0, 0.1) is 6.92 Å². The molecule has 1 amide bonds. The van der Waals surface area contributed by atoms with Crippen LogP contribution in [-0.2, 0) is 5.60 Å². The molecule has 3 heterocycles. The number of carbonyl (C=O) groups excluding carboxylic acids is 1. The molecule has 0 radical (unpaired) electrons. The highest BCUT2D eigenvalue weighted by atomic mass is 35.5. The minimum Gasteiger partial charge on any atom is -0.498 e. The molecule has 3 aromatic rings. The Bertz CT molecular complexity index is 1310. The zero-order valence-electron chi connectivity index (χ0n) is 21.7. The van der Waals surface area contributed by atoms with Gasteiger partial charge in [-0.15, -0.1) is 11.3 Å². The molecular weight excluding hydrogens is 514 g/mol. The predicted octanol–water partition coefficient (Wildman–Crippen LogP) is 4.64. The minimum atomic E-state index is -1.19. The van der Waals surface area contributed by atoms with Crippen molar-refractivity contribution in [3.05, 3.63) is 46.2 Å². The highest BCUT2D eigenvalue weighted by Gasteiger charge is 2.48. The predicted molar refractivity (Wildman–Crippen MR) is 142 cm³/mol. The van der Waals surface area contributed by atoms with Crippen LogP contribution in [0.15, 0.2) is 30.6 Å². The lowest BCUT2D eigenvalue weighted by molar-refractivity contribution is -0.919. The number of anilines is 2. The van der Waals surface area contributed by atoms with E-state index in [0.717, 1.165) is 21.7 Å². The summed E-state index contributed by atoms with van der Waals surface area (Å²) in [4.78, 5) is 26.2. The van der Waals surface area contributed by atoms with E-state index in [9.17, 15) is 15.0 Å². The number of quaternary nitrogens is 1. The third-order valence-corrected chi connectivity index (χ3v) is 8.60. The molecule has 11 heteroatoms. The molecule has 1 aliphatic rings. The molecule has 0 aliphatic carbocycles. The number of likely N-dealkylation sites (tertiary alicyclic amines) is 1. The number of carboxylic acid groups (broad SMARTS) is 1. The standard InChI is InChI=1S/C26H32ClN5O4S/c1-16-11-17(13-18(12-16)30-23-29-14-19(27)21(31-23)36-5)20-15-28-22(37-20)26(35)7-6-9-32(10-8-26,24(33)34)25(2,3)4/h11-15,35H,6-10H2,1-5H3,(H-,29,30,31,33,34)/t26-,32?/m0/s1. The number of aliphatic hydroxyl groups is 1. The zero-order chi connectivity index (χ0) is 27.0. The number of carbonyl (C=O) groups is 1. The van der Waals surface area contributed by atoms with Gasteiger partial charge in [-0.05, 0) is 57.4 Å². The summed E-state index contributed by atoms with van der Waals surface area (Å²) >= 11 is 7.45. The van der Waals surface area contributed by atoms with E-state index >= 15 is 0 Å². The van der Waals surface area contributed by atoms with Gasteiger partial charge in [-0.3, -0.25) is 4.48 Å². The van der Waals surface area contributed by atoms with Crippen molar-refractivity contribution in [3.8, 4) is 16.3 Å². The summed E-state index contributed by atoms with van der Waals surface area (Å²) < 4.78 is 4.99. The van der Waals surface area contributed by atoms with Crippen LogP contribution in [0.4, 0.5) is 16.4 Å². The number of hydrogen-bond donors (Lipinski definition) is 2. The molecule has 1 fully saturated rings. The first-order valence-electron chi connectivity index (χ1n) is 12.1. The smallest absolute Gasteiger partial charge is 0.257 e. The number of nitrogens with one attached hydrogen (secondary N) is 1. The van der Waals surface area contributed by atoms with Gasteiger partial charge in [0.1, 0.15) is 15.6 Å². The second kappa shape index (κ2) is 10.2. The van der Waals surface area contributed by atoms with Crippen molar-refractivity contribution in [1.82, 2.24) is 15.0 Å². The van der Waals surface area contributed by atoms with Gasteiger partial charge in [0.05, 0.1) is 36.8 Å². The fraction of sp³-hybridized carbons (Fsp3) is 0.462. The first kappa shape index (κ1) is 27.3. The number of methoxy groups -OCH3 is 1. The van der Waals surface area contributed by atoms with Crippen LogP contribution in [0.1, 0.15) is 50.6 Å². The van der Waals surface area contributed by atoms with Gasteiger partial charge in [0, 0.05) is 24.7 Å². The van der Waals surface area contributed by atoms with Gasteiger partial charge in [0.15, 0.2) is 0 Å². The molecule has 2 aromatic heterocycles. The average Bonchev–Trinajstić information content (AvgIpc) is 3.25. The lowest BCUT2D eigenvalue weighted by atomic mass is 9.95. The monoisotopic (exact) mass is 545 g/mol. The summed E-state index contributed by atoms with van der Waals surface area (Å²) in [5, 5.41) is 27.9. The van der Waals surface area contributed by atoms with Crippen LogP contribution in [0.25, 0.3) is 10.4 Å². The van der Waals surface area contributed by atoms with Crippen molar-refractivity contribution < 1.29 is 24.2 Å². The Kier molecular flexibility index (Phi) is 7.49. The minimum absolute atomic E-state index is 0.183. The largest absolute Gasteiger partial charge is 0.498 e. The van der Waals surface area contributed by atoms with Crippen LogP contribution < -0.4 is 15.2 Å². The molecule has 1 aromatic carbocycles. The van der Waals surface area contributed by atoms with Crippen molar-refractivity contribution in [2.75, 3.05) is 25.5 Å². The fourth-order valence-corrected chi connectivity index (χ4v) is 6.12. The molecule has 1 aliphatic heterocycles. The Labute approximate surface area is 225 Å². The molecule has 37 heavy (non-hydrogen) atoms. The van der Waals surface area contributed by atoms with E-state index in [0.29, 0.717) is 41.8 Å². The fourth-order valence-electron chi connectivity index (χ4n) is 4.90. The van der Waals surface area contributed by atoms with E-state index < -0.39 is 17.2 Å². The van der Waals surface area contributed by atoms with E-state index in [2.05, 4.69) is 20.3 Å². The number of benzene rings is 1. The number of halogens is 1. The lowest BCUT2D eigenvalue weighted by Crippen LogP contribution is -2.68. The van der Waals surface area contributed by atoms with Crippen LogP contribution in [-0.4, -0.2) is 56.4 Å². The number of aryl methyl sites for hydroxylation is 1. The Morgan fingerprint density at radius 3 is 2.65 bits per heavy atom. The highest BCUT2D eigenvalue weighted by molar-refractivity contribution is 7.15. The number of thiazole rings is 1. The molecule has 9 nitrogen and oxygen atoms in total. The lowest BCUT2D eigenvalue weighted by Gasteiger charge is -2.47. The summed E-state index contributed by atoms with van der Waals surface area (Å²) in [5.74, 6) is 0.632. The van der Waals surface area contributed by atoms with Crippen LogP contribution in [0.5, 0.6) is 5.88 Å². The maximum absolute atomic E-state index is 12.2. The SMILES string of the molecule is COc1nc(Nc2cc(C)cc(-c3cnc([C@]4(O)CCC[N+](C(=O)[O-])(C(C)(C)C)CC4)s3)c2)ncc1Cl. The number of hydrogen-bond acceptors (Lipinski definition) is 9. The maximum Gasteiger partial charge on any atom is 0.257 e. The van der Waals surface area contributed by atoms with Gasteiger partial charge < -0.3 is 25.1 Å². The molecular formula is C26H32ClN5O4S. The molecule has 1 saturated heterocycles. The van der Waals surface area contributed by atoms with Crippen molar-refractivity contribution in [2.24, 2.45) is 0 Å².